The first-order valence-electron chi connectivity index (χ1n) is 9.14. The number of nitrogens with zero attached hydrogens (tertiary/aromatic N) is 5. The molecule has 0 radical (unpaired) electrons. The van der Waals surface area contributed by atoms with Crippen LogP contribution in [0.2, 0.25) is 0 Å². The van der Waals surface area contributed by atoms with Gasteiger partial charge >= 0.3 is 0 Å². The number of hydrogen-bond donors (Lipinski definition) is 0. The molecule has 27 heavy (non-hydrogen) atoms. The summed E-state index contributed by atoms with van der Waals surface area (Å²) in [5, 5.41) is 0. The minimum atomic E-state index is -3.47. The maximum atomic E-state index is 12.9. The van der Waals surface area contributed by atoms with Crippen LogP contribution in [0, 0.1) is 0 Å². The van der Waals surface area contributed by atoms with Crippen LogP contribution >= 0.6 is 0 Å². The molecule has 3 rings (SSSR count). The van der Waals surface area contributed by atoms with Crippen LogP contribution in [0.15, 0.2) is 41.4 Å². The summed E-state index contributed by atoms with van der Waals surface area (Å²) in [6.07, 6.45) is 1.73. The Hall–Kier alpha value is -2.19. The van der Waals surface area contributed by atoms with Crippen molar-refractivity contribution in [2.75, 3.05) is 50.1 Å². The number of anilines is 2. The maximum Gasteiger partial charge on any atom is 0.243 e. The fraction of sp³-hybridized carbons (Fsp3) is 0.474. The third kappa shape index (κ3) is 4.22. The lowest BCUT2D eigenvalue weighted by Gasteiger charge is -2.34. The summed E-state index contributed by atoms with van der Waals surface area (Å²) in [4.78, 5) is 13.2. The molecule has 1 aliphatic rings. The summed E-state index contributed by atoms with van der Waals surface area (Å²) in [7, 11) is 0.389. The molecule has 8 heteroatoms. The third-order valence-electron chi connectivity index (χ3n) is 4.79. The van der Waals surface area contributed by atoms with Crippen molar-refractivity contribution in [2.24, 2.45) is 0 Å². The van der Waals surface area contributed by atoms with Crippen molar-refractivity contribution < 1.29 is 8.42 Å². The number of piperazine rings is 1. The number of rotatable bonds is 5. The molecule has 1 aromatic heterocycles. The molecule has 1 aromatic carbocycles. The molecule has 0 atom stereocenters. The molecular formula is C19H27N5O2S. The topological polar surface area (TPSA) is 69.6 Å². The van der Waals surface area contributed by atoms with Gasteiger partial charge in [-0.2, -0.15) is 9.29 Å². The van der Waals surface area contributed by atoms with E-state index < -0.39 is 10.0 Å². The fourth-order valence-corrected chi connectivity index (χ4v) is 4.47. The smallest absolute Gasteiger partial charge is 0.243 e. The summed E-state index contributed by atoms with van der Waals surface area (Å²) < 4.78 is 27.4. The lowest BCUT2D eigenvalue weighted by atomic mass is 10.0. The summed E-state index contributed by atoms with van der Waals surface area (Å²) in [5.74, 6) is 1.85. The molecule has 0 bridgehead atoms. The summed E-state index contributed by atoms with van der Waals surface area (Å²) in [5.41, 5.74) is 1.14. The highest BCUT2D eigenvalue weighted by Crippen LogP contribution is 2.22. The van der Waals surface area contributed by atoms with Crippen molar-refractivity contribution in [3.63, 3.8) is 0 Å². The van der Waals surface area contributed by atoms with E-state index in [2.05, 4.69) is 23.8 Å². The predicted molar refractivity (Wildman–Crippen MR) is 108 cm³/mol. The van der Waals surface area contributed by atoms with Crippen molar-refractivity contribution in [3.05, 3.63) is 42.1 Å². The van der Waals surface area contributed by atoms with E-state index in [1.807, 2.05) is 42.1 Å². The Morgan fingerprint density at radius 3 is 2.19 bits per heavy atom. The van der Waals surface area contributed by atoms with Gasteiger partial charge < -0.3 is 9.80 Å². The standard InChI is InChI=1S/C19H27N5O2S/c1-15(2)16-5-7-17(8-6-16)27(25,26)24-13-11-23(12-14-24)19-20-10-9-18(21-19)22(3)4/h5-10,15H,11-14H2,1-4H3. The molecule has 1 aliphatic heterocycles. The molecule has 2 aromatic rings. The van der Waals surface area contributed by atoms with Crippen LogP contribution in [0.1, 0.15) is 25.3 Å². The Balaban J connectivity index is 1.70. The van der Waals surface area contributed by atoms with E-state index in [0.29, 0.717) is 42.9 Å². The van der Waals surface area contributed by atoms with Gasteiger partial charge in [-0.25, -0.2) is 13.4 Å². The van der Waals surface area contributed by atoms with E-state index in [0.717, 1.165) is 11.4 Å². The van der Waals surface area contributed by atoms with Crippen LogP contribution < -0.4 is 9.80 Å². The number of benzene rings is 1. The first-order chi connectivity index (χ1) is 12.8. The molecule has 0 amide bonds. The molecular weight excluding hydrogens is 362 g/mol. The summed E-state index contributed by atoms with van der Waals surface area (Å²) >= 11 is 0. The molecule has 0 unspecified atom stereocenters. The highest BCUT2D eigenvalue weighted by molar-refractivity contribution is 7.89. The summed E-state index contributed by atoms with van der Waals surface area (Å²) in [6, 6.07) is 9.06. The second-order valence-electron chi connectivity index (χ2n) is 7.22. The molecule has 0 saturated carbocycles. The van der Waals surface area contributed by atoms with Gasteiger partial charge in [-0.05, 0) is 29.7 Å². The van der Waals surface area contributed by atoms with Crippen molar-refractivity contribution in [2.45, 2.75) is 24.7 Å². The number of aromatic nitrogens is 2. The minimum Gasteiger partial charge on any atom is -0.363 e. The number of hydrogen-bond acceptors (Lipinski definition) is 6. The molecule has 0 spiro atoms. The van der Waals surface area contributed by atoms with Crippen molar-refractivity contribution in [1.29, 1.82) is 0 Å². The zero-order chi connectivity index (χ0) is 19.6. The van der Waals surface area contributed by atoms with Crippen LogP contribution in [-0.2, 0) is 10.0 Å². The van der Waals surface area contributed by atoms with Crippen LogP contribution in [0.5, 0.6) is 0 Å². The Morgan fingerprint density at radius 1 is 1.00 bits per heavy atom. The van der Waals surface area contributed by atoms with Gasteiger partial charge in [0.2, 0.25) is 16.0 Å². The monoisotopic (exact) mass is 389 g/mol. The first-order valence-corrected chi connectivity index (χ1v) is 10.6. The maximum absolute atomic E-state index is 12.9. The van der Waals surface area contributed by atoms with Gasteiger partial charge in [-0.3, -0.25) is 0 Å². The van der Waals surface area contributed by atoms with Gasteiger partial charge in [-0.1, -0.05) is 26.0 Å². The first kappa shape index (κ1) is 19.6. The minimum absolute atomic E-state index is 0.353. The predicted octanol–water partition coefficient (Wildman–Crippen LogP) is 2.18. The lowest BCUT2D eigenvalue weighted by Crippen LogP contribution is -2.49. The van der Waals surface area contributed by atoms with E-state index in [1.54, 1.807) is 22.6 Å². The Morgan fingerprint density at radius 2 is 1.63 bits per heavy atom. The largest absolute Gasteiger partial charge is 0.363 e. The zero-order valence-electron chi connectivity index (χ0n) is 16.3. The Labute approximate surface area is 161 Å². The van der Waals surface area contributed by atoms with Gasteiger partial charge in [0, 0.05) is 46.5 Å². The van der Waals surface area contributed by atoms with Crippen molar-refractivity contribution >= 4 is 21.8 Å². The fourth-order valence-electron chi connectivity index (χ4n) is 3.04. The quantitative estimate of drug-likeness (QED) is 0.781. The van der Waals surface area contributed by atoms with Crippen LogP contribution in [0.25, 0.3) is 0 Å². The molecule has 0 aliphatic carbocycles. The lowest BCUT2D eigenvalue weighted by molar-refractivity contribution is 0.382. The van der Waals surface area contributed by atoms with Gasteiger partial charge in [0.1, 0.15) is 5.82 Å². The van der Waals surface area contributed by atoms with E-state index in [-0.39, 0.29) is 0 Å². The Bertz CT molecular complexity index is 873. The van der Waals surface area contributed by atoms with E-state index in [1.165, 1.54) is 0 Å². The van der Waals surface area contributed by atoms with Crippen LogP contribution in [0.3, 0.4) is 0 Å². The second kappa shape index (κ2) is 7.82. The molecule has 2 heterocycles. The number of sulfonamides is 1. The van der Waals surface area contributed by atoms with Gasteiger partial charge in [0.15, 0.2) is 0 Å². The SMILES string of the molecule is CC(C)c1ccc(S(=O)(=O)N2CCN(c3nccc(N(C)C)n3)CC2)cc1. The Kier molecular flexibility index (Phi) is 5.67. The molecule has 146 valence electrons. The van der Waals surface area contributed by atoms with E-state index in [4.69, 9.17) is 0 Å². The van der Waals surface area contributed by atoms with Gasteiger partial charge in [0.05, 0.1) is 4.90 Å². The van der Waals surface area contributed by atoms with Crippen LogP contribution in [0.4, 0.5) is 11.8 Å². The highest BCUT2D eigenvalue weighted by Gasteiger charge is 2.29. The van der Waals surface area contributed by atoms with Gasteiger partial charge in [0.25, 0.3) is 0 Å². The zero-order valence-corrected chi connectivity index (χ0v) is 17.1. The second-order valence-corrected chi connectivity index (χ2v) is 9.16. The van der Waals surface area contributed by atoms with Gasteiger partial charge in [-0.15, -0.1) is 0 Å². The molecule has 1 saturated heterocycles. The normalized spacial score (nSPS) is 16.0. The molecule has 0 N–H and O–H groups in total. The van der Waals surface area contributed by atoms with Crippen molar-refractivity contribution in [1.82, 2.24) is 14.3 Å². The average molecular weight is 390 g/mol. The average Bonchev–Trinajstić information content (AvgIpc) is 2.68. The third-order valence-corrected chi connectivity index (χ3v) is 6.71. The highest BCUT2D eigenvalue weighted by atomic mass is 32.2. The van der Waals surface area contributed by atoms with Crippen molar-refractivity contribution in [3.8, 4) is 0 Å². The van der Waals surface area contributed by atoms with E-state index in [9.17, 15) is 8.42 Å². The van der Waals surface area contributed by atoms with Crippen LogP contribution in [-0.4, -0.2) is 63.0 Å². The molecule has 1 fully saturated rings. The summed E-state index contributed by atoms with van der Waals surface area (Å²) in [6.45, 7) is 6.17. The van der Waals surface area contributed by atoms with E-state index >= 15 is 0 Å². The molecule has 7 nitrogen and oxygen atoms in total.